The molecule has 1 aromatic heterocycles. The molecule has 7 heteroatoms. The molecule has 2 aromatic rings. The maximum absolute atomic E-state index is 12.6. The van der Waals surface area contributed by atoms with E-state index in [0.717, 1.165) is 35.0 Å². The Kier molecular flexibility index (Phi) is 6.85. The van der Waals surface area contributed by atoms with Crippen LogP contribution >= 0.6 is 0 Å². The predicted molar refractivity (Wildman–Crippen MR) is 109 cm³/mol. The number of aryl methyl sites for hydroxylation is 1. The number of esters is 1. The highest BCUT2D eigenvalue weighted by Crippen LogP contribution is 2.24. The molecule has 0 bridgehead atoms. The lowest BCUT2D eigenvalue weighted by atomic mass is 9.87. The zero-order valence-electron chi connectivity index (χ0n) is 17.6. The molecule has 0 amide bonds. The van der Waals surface area contributed by atoms with Gasteiger partial charge in [-0.05, 0) is 50.6 Å². The van der Waals surface area contributed by atoms with Crippen molar-refractivity contribution in [2.75, 3.05) is 27.4 Å². The Bertz CT molecular complexity index is 849. The maximum atomic E-state index is 12.6. The Morgan fingerprint density at radius 1 is 1.21 bits per heavy atom. The zero-order valence-corrected chi connectivity index (χ0v) is 17.6. The maximum Gasteiger partial charge on any atom is 0.421 e. The van der Waals surface area contributed by atoms with Crippen molar-refractivity contribution in [3.05, 3.63) is 35.5 Å². The second-order valence-electron chi connectivity index (χ2n) is 8.43. The standard InChI is InChI=1S/C21H31N3O4/c1-14-7-8-17-16(11-14)15(9-10-23(5)6)12-24(17)20(26)28-13-27-19(25)18(22)21(2,3)4/h7-8,11-12,18H,9-10,13,22H2,1-6H3. The molecule has 1 aromatic carbocycles. The number of aromatic nitrogens is 1. The first-order chi connectivity index (χ1) is 13.0. The summed E-state index contributed by atoms with van der Waals surface area (Å²) in [5.74, 6) is -0.597. The third kappa shape index (κ3) is 5.33. The van der Waals surface area contributed by atoms with Gasteiger partial charge in [0.2, 0.25) is 6.79 Å². The minimum atomic E-state index is -0.792. The average molecular weight is 389 g/mol. The van der Waals surface area contributed by atoms with Gasteiger partial charge in [-0.3, -0.25) is 9.36 Å². The Labute approximate surface area is 166 Å². The summed E-state index contributed by atoms with van der Waals surface area (Å²) in [7, 11) is 4.02. The van der Waals surface area contributed by atoms with Gasteiger partial charge in [0.05, 0.1) is 5.52 Å². The van der Waals surface area contributed by atoms with Crippen LogP contribution in [0.15, 0.2) is 24.4 Å². The minimum Gasteiger partial charge on any atom is -0.427 e. The predicted octanol–water partition coefficient (Wildman–Crippen LogP) is 2.91. The van der Waals surface area contributed by atoms with Crippen molar-refractivity contribution in [3.63, 3.8) is 0 Å². The molecule has 0 saturated heterocycles. The minimum absolute atomic E-state index is 0.434. The first-order valence-electron chi connectivity index (χ1n) is 9.35. The Hall–Kier alpha value is -2.38. The van der Waals surface area contributed by atoms with Crippen LogP contribution in [0.2, 0.25) is 0 Å². The quantitative estimate of drug-likeness (QED) is 0.604. The number of rotatable bonds is 6. The molecule has 0 aliphatic carbocycles. The first kappa shape index (κ1) is 21.9. The summed E-state index contributed by atoms with van der Waals surface area (Å²) in [6, 6.07) is 5.11. The van der Waals surface area contributed by atoms with Gasteiger partial charge in [0.25, 0.3) is 0 Å². The summed E-state index contributed by atoms with van der Waals surface area (Å²) in [5, 5.41) is 1.02. The largest absolute Gasteiger partial charge is 0.427 e. The number of likely N-dealkylation sites (N-methyl/N-ethyl adjacent to an activating group) is 1. The summed E-state index contributed by atoms with van der Waals surface area (Å²) < 4.78 is 11.6. The van der Waals surface area contributed by atoms with Gasteiger partial charge in [-0.15, -0.1) is 0 Å². The molecular weight excluding hydrogens is 358 g/mol. The van der Waals surface area contributed by atoms with Gasteiger partial charge >= 0.3 is 12.1 Å². The summed E-state index contributed by atoms with van der Waals surface area (Å²) in [5.41, 5.74) is 8.37. The smallest absolute Gasteiger partial charge is 0.421 e. The molecule has 0 aliphatic rings. The lowest BCUT2D eigenvalue weighted by molar-refractivity contribution is -0.156. The molecule has 0 spiro atoms. The summed E-state index contributed by atoms with van der Waals surface area (Å²) in [6.45, 7) is 7.93. The van der Waals surface area contributed by atoms with Gasteiger partial charge in [-0.1, -0.05) is 32.4 Å². The van der Waals surface area contributed by atoms with Crippen LogP contribution in [0.5, 0.6) is 0 Å². The van der Waals surface area contributed by atoms with E-state index in [4.69, 9.17) is 15.2 Å². The number of benzene rings is 1. The van der Waals surface area contributed by atoms with Crippen molar-refractivity contribution in [2.45, 2.75) is 40.2 Å². The average Bonchev–Trinajstić information content (AvgIpc) is 2.96. The molecule has 2 rings (SSSR count). The van der Waals surface area contributed by atoms with Gasteiger partial charge in [0.15, 0.2) is 0 Å². The van der Waals surface area contributed by atoms with E-state index in [2.05, 4.69) is 11.0 Å². The third-order valence-electron chi connectivity index (χ3n) is 4.64. The highest BCUT2D eigenvalue weighted by atomic mass is 16.7. The molecule has 28 heavy (non-hydrogen) atoms. The number of hydrogen-bond donors (Lipinski definition) is 1. The van der Waals surface area contributed by atoms with Gasteiger partial charge in [-0.2, -0.15) is 0 Å². The van der Waals surface area contributed by atoms with Crippen molar-refractivity contribution >= 4 is 23.0 Å². The van der Waals surface area contributed by atoms with E-state index in [9.17, 15) is 9.59 Å². The summed E-state index contributed by atoms with van der Waals surface area (Å²) in [6.07, 6.45) is 2.00. The van der Waals surface area contributed by atoms with Crippen molar-refractivity contribution in [1.82, 2.24) is 9.47 Å². The summed E-state index contributed by atoms with van der Waals surface area (Å²) in [4.78, 5) is 26.6. The molecule has 1 atom stereocenters. The molecular formula is C21H31N3O4. The zero-order chi connectivity index (χ0) is 21.1. The van der Waals surface area contributed by atoms with Crippen molar-refractivity contribution in [2.24, 2.45) is 11.1 Å². The van der Waals surface area contributed by atoms with E-state index in [1.807, 2.05) is 53.9 Å². The highest BCUT2D eigenvalue weighted by molar-refractivity contribution is 5.92. The van der Waals surface area contributed by atoms with E-state index in [0.29, 0.717) is 0 Å². The molecule has 1 unspecified atom stereocenters. The van der Waals surface area contributed by atoms with Crippen molar-refractivity contribution < 1.29 is 19.1 Å². The highest BCUT2D eigenvalue weighted by Gasteiger charge is 2.29. The van der Waals surface area contributed by atoms with Crippen LogP contribution in [-0.4, -0.2) is 55.0 Å². The Balaban J connectivity index is 2.11. The van der Waals surface area contributed by atoms with E-state index in [-0.39, 0.29) is 0 Å². The van der Waals surface area contributed by atoms with Crippen molar-refractivity contribution in [3.8, 4) is 0 Å². The van der Waals surface area contributed by atoms with Crippen LogP contribution in [0.3, 0.4) is 0 Å². The van der Waals surface area contributed by atoms with E-state index >= 15 is 0 Å². The lowest BCUT2D eigenvalue weighted by Crippen LogP contribution is -2.43. The molecule has 0 fully saturated rings. The summed E-state index contributed by atoms with van der Waals surface area (Å²) >= 11 is 0. The topological polar surface area (TPSA) is 86.8 Å². The lowest BCUT2D eigenvalue weighted by Gasteiger charge is -2.24. The van der Waals surface area contributed by atoms with E-state index in [1.165, 1.54) is 4.57 Å². The fraction of sp³-hybridized carbons (Fsp3) is 0.524. The van der Waals surface area contributed by atoms with E-state index < -0.39 is 30.3 Å². The molecule has 2 N–H and O–H groups in total. The van der Waals surface area contributed by atoms with Crippen molar-refractivity contribution in [1.29, 1.82) is 0 Å². The number of nitrogens with zero attached hydrogens (tertiary/aromatic N) is 2. The normalized spacial score (nSPS) is 13.0. The number of hydrogen-bond acceptors (Lipinski definition) is 6. The first-order valence-corrected chi connectivity index (χ1v) is 9.35. The monoisotopic (exact) mass is 389 g/mol. The molecule has 154 valence electrons. The Morgan fingerprint density at radius 3 is 2.50 bits per heavy atom. The number of nitrogens with two attached hydrogens (primary N) is 1. The SMILES string of the molecule is Cc1ccc2c(c1)c(CCN(C)C)cn2C(=O)OCOC(=O)C(N)C(C)(C)C. The molecule has 7 nitrogen and oxygen atoms in total. The molecule has 1 heterocycles. The fourth-order valence-corrected chi connectivity index (χ4v) is 2.76. The number of ether oxygens (including phenoxy) is 2. The third-order valence-corrected chi connectivity index (χ3v) is 4.64. The van der Waals surface area contributed by atoms with Crippen LogP contribution < -0.4 is 5.73 Å². The fourth-order valence-electron chi connectivity index (χ4n) is 2.76. The van der Waals surface area contributed by atoms with Gasteiger partial charge in [0.1, 0.15) is 6.04 Å². The van der Waals surface area contributed by atoms with Crippen LogP contribution in [0, 0.1) is 12.3 Å². The van der Waals surface area contributed by atoms with Crippen LogP contribution in [0.4, 0.5) is 4.79 Å². The van der Waals surface area contributed by atoms with Gasteiger partial charge in [-0.25, -0.2) is 4.79 Å². The van der Waals surface area contributed by atoms with Crippen LogP contribution in [0.25, 0.3) is 10.9 Å². The van der Waals surface area contributed by atoms with Crippen LogP contribution in [0.1, 0.15) is 31.9 Å². The number of carbonyl (C=O) groups is 2. The van der Waals surface area contributed by atoms with Gasteiger partial charge < -0.3 is 20.1 Å². The van der Waals surface area contributed by atoms with E-state index in [1.54, 1.807) is 6.20 Å². The number of fused-ring (bicyclic) bond motifs is 1. The second-order valence-corrected chi connectivity index (χ2v) is 8.43. The molecule has 0 aliphatic heterocycles. The molecule has 0 saturated carbocycles. The van der Waals surface area contributed by atoms with Crippen LogP contribution in [-0.2, 0) is 20.7 Å². The number of carbonyl (C=O) groups excluding carboxylic acids is 2. The Morgan fingerprint density at radius 2 is 1.89 bits per heavy atom. The second kappa shape index (κ2) is 8.75. The molecule has 0 radical (unpaired) electrons. The van der Waals surface area contributed by atoms with Gasteiger partial charge in [0, 0.05) is 18.1 Å².